The molecule has 140 valence electrons. The number of likely N-dealkylation sites (tertiary alicyclic amines) is 1. The summed E-state index contributed by atoms with van der Waals surface area (Å²) in [6, 6.07) is 12.6. The molecule has 1 aliphatic heterocycles. The number of non-ortho nitro benzene ring substituents is 1. The average molecular weight is 369 g/mol. The normalized spacial score (nSPS) is 16.5. The molecule has 0 aliphatic carbocycles. The van der Waals surface area contributed by atoms with Crippen molar-refractivity contribution >= 4 is 23.2 Å². The van der Waals surface area contributed by atoms with Crippen molar-refractivity contribution in [1.82, 2.24) is 4.90 Å². The van der Waals surface area contributed by atoms with E-state index in [0.717, 1.165) is 11.3 Å². The first-order chi connectivity index (χ1) is 13.0. The zero-order valence-electron chi connectivity index (χ0n) is 14.8. The Balaban J connectivity index is 1.62. The SMILES string of the molecule is COc1ccc(CCN2C(=O)C[C@@H](Nc3cccc([N+](=O)[O-])c3)C2=O)cc1. The van der Waals surface area contributed by atoms with Crippen LogP contribution in [-0.4, -0.2) is 41.3 Å². The maximum absolute atomic E-state index is 12.5. The number of nitrogens with one attached hydrogen (secondary N) is 1. The molecule has 8 nitrogen and oxygen atoms in total. The largest absolute Gasteiger partial charge is 0.497 e. The number of rotatable bonds is 7. The standard InChI is InChI=1S/C19H19N3O5/c1-27-16-7-5-13(6-8-16)9-10-21-18(23)12-17(19(21)24)20-14-3-2-4-15(11-14)22(25)26/h2-8,11,17,20H,9-10,12H2,1H3/t17-/m1/s1. The lowest BCUT2D eigenvalue weighted by Gasteiger charge is -2.16. The van der Waals surface area contributed by atoms with Crippen molar-refractivity contribution in [1.29, 1.82) is 0 Å². The fourth-order valence-electron chi connectivity index (χ4n) is 2.97. The van der Waals surface area contributed by atoms with Crippen molar-refractivity contribution in [2.24, 2.45) is 0 Å². The molecular weight excluding hydrogens is 350 g/mol. The third-order valence-electron chi connectivity index (χ3n) is 4.42. The number of nitro groups is 1. The second-order valence-corrected chi connectivity index (χ2v) is 6.19. The molecule has 1 atom stereocenters. The van der Waals surface area contributed by atoms with E-state index in [2.05, 4.69) is 5.32 Å². The Labute approximate surface area is 155 Å². The number of amides is 2. The van der Waals surface area contributed by atoms with E-state index in [-0.39, 0.29) is 30.5 Å². The second-order valence-electron chi connectivity index (χ2n) is 6.19. The van der Waals surface area contributed by atoms with Gasteiger partial charge in [0.05, 0.1) is 18.5 Å². The number of methoxy groups -OCH3 is 1. The summed E-state index contributed by atoms with van der Waals surface area (Å²) in [6.07, 6.45) is 0.579. The minimum atomic E-state index is -0.713. The molecule has 1 aliphatic rings. The summed E-state index contributed by atoms with van der Waals surface area (Å²) in [5, 5.41) is 13.8. The third-order valence-corrected chi connectivity index (χ3v) is 4.42. The molecule has 1 heterocycles. The van der Waals surface area contributed by atoms with Crippen LogP contribution >= 0.6 is 0 Å². The van der Waals surface area contributed by atoms with Crippen LogP contribution in [0.15, 0.2) is 48.5 Å². The van der Waals surface area contributed by atoms with Gasteiger partial charge in [0.15, 0.2) is 0 Å². The van der Waals surface area contributed by atoms with Crippen LogP contribution in [0.25, 0.3) is 0 Å². The third kappa shape index (κ3) is 4.22. The predicted molar refractivity (Wildman–Crippen MR) is 98.5 cm³/mol. The predicted octanol–water partition coefficient (Wildman–Crippen LogP) is 2.39. The van der Waals surface area contributed by atoms with Gasteiger partial charge in [0.1, 0.15) is 11.8 Å². The van der Waals surface area contributed by atoms with Gasteiger partial charge in [-0.1, -0.05) is 18.2 Å². The van der Waals surface area contributed by atoms with Crippen molar-refractivity contribution < 1.29 is 19.2 Å². The highest BCUT2D eigenvalue weighted by molar-refractivity contribution is 6.06. The van der Waals surface area contributed by atoms with Crippen LogP contribution < -0.4 is 10.1 Å². The van der Waals surface area contributed by atoms with E-state index in [9.17, 15) is 19.7 Å². The number of carbonyl (C=O) groups is 2. The van der Waals surface area contributed by atoms with Gasteiger partial charge in [0, 0.05) is 24.4 Å². The zero-order valence-corrected chi connectivity index (χ0v) is 14.8. The molecule has 1 fully saturated rings. The van der Waals surface area contributed by atoms with Crippen LogP contribution in [0, 0.1) is 10.1 Å². The Hall–Kier alpha value is -3.42. The lowest BCUT2D eigenvalue weighted by molar-refractivity contribution is -0.384. The monoisotopic (exact) mass is 369 g/mol. The summed E-state index contributed by atoms with van der Waals surface area (Å²) in [5.74, 6) is 0.171. The van der Waals surface area contributed by atoms with Crippen molar-refractivity contribution in [3.8, 4) is 5.75 Å². The highest BCUT2D eigenvalue weighted by atomic mass is 16.6. The van der Waals surface area contributed by atoms with Crippen LogP contribution in [0.1, 0.15) is 12.0 Å². The fourth-order valence-corrected chi connectivity index (χ4v) is 2.97. The Kier molecular flexibility index (Phi) is 5.35. The smallest absolute Gasteiger partial charge is 0.271 e. The number of hydrogen-bond acceptors (Lipinski definition) is 6. The number of carbonyl (C=O) groups excluding carboxylic acids is 2. The summed E-state index contributed by atoms with van der Waals surface area (Å²) < 4.78 is 5.11. The highest BCUT2D eigenvalue weighted by Gasteiger charge is 2.38. The molecule has 0 saturated carbocycles. The summed E-state index contributed by atoms with van der Waals surface area (Å²) in [5.41, 5.74) is 1.35. The van der Waals surface area contributed by atoms with Crippen LogP contribution in [-0.2, 0) is 16.0 Å². The van der Waals surface area contributed by atoms with Crippen molar-refractivity contribution in [2.45, 2.75) is 18.9 Å². The number of nitro benzene ring substituents is 1. The van der Waals surface area contributed by atoms with Crippen LogP contribution in [0.2, 0.25) is 0 Å². The van der Waals surface area contributed by atoms with E-state index in [1.54, 1.807) is 13.2 Å². The molecule has 0 aromatic heterocycles. The van der Waals surface area contributed by atoms with E-state index in [1.807, 2.05) is 24.3 Å². The molecule has 2 amide bonds. The fraction of sp³-hybridized carbons (Fsp3) is 0.263. The molecule has 8 heteroatoms. The molecule has 0 unspecified atom stereocenters. The quantitative estimate of drug-likeness (QED) is 0.457. The van der Waals surface area contributed by atoms with Gasteiger partial charge in [0.2, 0.25) is 5.91 Å². The summed E-state index contributed by atoms with van der Waals surface area (Å²) in [6.45, 7) is 0.289. The Morgan fingerprint density at radius 3 is 2.63 bits per heavy atom. The summed E-state index contributed by atoms with van der Waals surface area (Å²) in [4.78, 5) is 36.4. The molecule has 1 saturated heterocycles. The van der Waals surface area contributed by atoms with Crippen LogP contribution in [0.5, 0.6) is 5.75 Å². The van der Waals surface area contributed by atoms with Gasteiger partial charge in [-0.2, -0.15) is 0 Å². The molecule has 0 radical (unpaired) electrons. The number of anilines is 1. The second kappa shape index (κ2) is 7.86. The Morgan fingerprint density at radius 1 is 1.22 bits per heavy atom. The van der Waals surface area contributed by atoms with Gasteiger partial charge >= 0.3 is 0 Å². The van der Waals surface area contributed by atoms with Gasteiger partial charge in [-0.15, -0.1) is 0 Å². The number of nitrogens with zero attached hydrogens (tertiary/aromatic N) is 2. The molecule has 27 heavy (non-hydrogen) atoms. The van der Waals surface area contributed by atoms with E-state index in [0.29, 0.717) is 12.1 Å². The molecule has 3 rings (SSSR count). The minimum absolute atomic E-state index is 0.0319. The van der Waals surface area contributed by atoms with Crippen molar-refractivity contribution in [2.75, 3.05) is 19.0 Å². The van der Waals surface area contributed by atoms with Crippen molar-refractivity contribution in [3.05, 3.63) is 64.2 Å². The van der Waals surface area contributed by atoms with E-state index < -0.39 is 11.0 Å². The number of hydrogen-bond donors (Lipinski definition) is 1. The highest BCUT2D eigenvalue weighted by Crippen LogP contribution is 2.22. The Morgan fingerprint density at radius 2 is 1.96 bits per heavy atom. The Bertz CT molecular complexity index is 866. The molecule has 2 aromatic rings. The summed E-state index contributed by atoms with van der Waals surface area (Å²) in [7, 11) is 1.59. The average Bonchev–Trinajstić information content (AvgIpc) is 2.93. The molecule has 0 bridgehead atoms. The molecule has 0 spiro atoms. The lowest BCUT2D eigenvalue weighted by Crippen LogP contribution is -2.36. The first kappa shape index (κ1) is 18.4. The number of ether oxygens (including phenoxy) is 1. The van der Waals surface area contributed by atoms with Crippen molar-refractivity contribution in [3.63, 3.8) is 0 Å². The van der Waals surface area contributed by atoms with E-state index in [1.165, 1.54) is 23.1 Å². The molecule has 2 aromatic carbocycles. The number of imide groups is 1. The van der Waals surface area contributed by atoms with E-state index >= 15 is 0 Å². The molecule has 1 N–H and O–H groups in total. The maximum Gasteiger partial charge on any atom is 0.271 e. The minimum Gasteiger partial charge on any atom is -0.497 e. The van der Waals surface area contributed by atoms with E-state index in [4.69, 9.17) is 4.74 Å². The van der Waals surface area contributed by atoms with Gasteiger partial charge in [0.25, 0.3) is 11.6 Å². The van der Waals surface area contributed by atoms with Gasteiger partial charge in [-0.3, -0.25) is 24.6 Å². The first-order valence-electron chi connectivity index (χ1n) is 8.46. The number of benzene rings is 2. The molecular formula is C19H19N3O5. The summed E-state index contributed by atoms with van der Waals surface area (Å²) >= 11 is 0. The zero-order chi connectivity index (χ0) is 19.4. The van der Waals surface area contributed by atoms with Crippen LogP contribution in [0.3, 0.4) is 0 Å². The van der Waals surface area contributed by atoms with Crippen LogP contribution in [0.4, 0.5) is 11.4 Å². The van der Waals surface area contributed by atoms with Gasteiger partial charge in [-0.05, 0) is 30.2 Å². The lowest BCUT2D eigenvalue weighted by atomic mass is 10.1. The topological polar surface area (TPSA) is 102 Å². The maximum atomic E-state index is 12.5. The van der Waals surface area contributed by atoms with Gasteiger partial charge in [-0.25, -0.2) is 0 Å². The van der Waals surface area contributed by atoms with Gasteiger partial charge < -0.3 is 10.1 Å². The first-order valence-corrected chi connectivity index (χ1v) is 8.46.